The molecule has 0 aliphatic carbocycles. The molecule has 1 heterocycles. The Morgan fingerprint density at radius 2 is 1.71 bits per heavy atom. The Kier molecular flexibility index (Phi) is 4.00. The topological polar surface area (TPSA) is 20.3 Å². The lowest BCUT2D eigenvalue weighted by Crippen LogP contribution is -2.55. The van der Waals surface area contributed by atoms with Gasteiger partial charge < -0.3 is 4.90 Å². The summed E-state index contributed by atoms with van der Waals surface area (Å²) in [4.78, 5) is 14.4. The number of carbonyl (C=O) groups excluding carboxylic acids is 1. The summed E-state index contributed by atoms with van der Waals surface area (Å²) >= 11 is 6.09. The number of halogens is 1. The van der Waals surface area contributed by atoms with Gasteiger partial charge in [-0.2, -0.15) is 0 Å². The summed E-state index contributed by atoms with van der Waals surface area (Å²) in [6, 6.07) is 14.4. The maximum absolute atomic E-state index is 12.4. The molecule has 3 rings (SSSR count). The Morgan fingerprint density at radius 3 is 2.29 bits per heavy atom. The molecular weight excluding hydrogens is 318 g/mol. The highest BCUT2D eigenvalue weighted by Gasteiger charge is 2.47. The standard InChI is InChI=1S/C21H24ClNO/c1-14-7-6-8-18-19(14)23(15(2)24)20(3,4)13-21(18,5)16-9-11-17(22)12-10-16/h6-12H,13H2,1-5H3. The average molecular weight is 342 g/mol. The number of aryl methyl sites for hydroxylation is 1. The van der Waals surface area contributed by atoms with E-state index in [0.29, 0.717) is 0 Å². The van der Waals surface area contributed by atoms with E-state index in [0.717, 1.165) is 22.7 Å². The molecule has 1 aliphatic rings. The molecule has 1 unspecified atom stereocenters. The maximum Gasteiger partial charge on any atom is 0.224 e. The van der Waals surface area contributed by atoms with Crippen molar-refractivity contribution >= 4 is 23.2 Å². The first-order valence-corrected chi connectivity index (χ1v) is 8.71. The van der Waals surface area contributed by atoms with Crippen LogP contribution in [0.2, 0.25) is 5.02 Å². The molecule has 1 atom stereocenters. The largest absolute Gasteiger partial charge is 0.307 e. The van der Waals surface area contributed by atoms with Crippen LogP contribution < -0.4 is 4.90 Å². The number of amides is 1. The zero-order chi connectivity index (χ0) is 17.7. The maximum atomic E-state index is 12.4. The number of rotatable bonds is 1. The molecule has 0 bridgehead atoms. The molecule has 1 amide bonds. The van der Waals surface area contributed by atoms with Gasteiger partial charge in [-0.3, -0.25) is 4.79 Å². The Balaban J connectivity index is 2.30. The fourth-order valence-electron chi connectivity index (χ4n) is 4.40. The van der Waals surface area contributed by atoms with E-state index in [9.17, 15) is 4.79 Å². The van der Waals surface area contributed by atoms with Crippen LogP contribution >= 0.6 is 11.6 Å². The zero-order valence-electron chi connectivity index (χ0n) is 15.0. The number of hydrogen-bond donors (Lipinski definition) is 0. The number of nitrogens with zero attached hydrogens (tertiary/aromatic N) is 1. The Hall–Kier alpha value is -1.80. The Morgan fingerprint density at radius 1 is 1.08 bits per heavy atom. The third-order valence-electron chi connectivity index (χ3n) is 5.24. The van der Waals surface area contributed by atoms with E-state index < -0.39 is 0 Å². The van der Waals surface area contributed by atoms with Gasteiger partial charge in [0.25, 0.3) is 0 Å². The van der Waals surface area contributed by atoms with Crippen molar-refractivity contribution in [3.8, 4) is 0 Å². The van der Waals surface area contributed by atoms with Crippen LogP contribution in [-0.4, -0.2) is 11.4 Å². The molecule has 0 spiro atoms. The molecule has 0 radical (unpaired) electrons. The van der Waals surface area contributed by atoms with Gasteiger partial charge in [-0.25, -0.2) is 0 Å². The third kappa shape index (κ3) is 2.53. The lowest BCUT2D eigenvalue weighted by Gasteiger charge is -2.51. The highest BCUT2D eigenvalue weighted by Crippen LogP contribution is 2.51. The molecular formula is C21H24ClNO. The first kappa shape index (κ1) is 17.0. The predicted octanol–water partition coefficient (Wildman–Crippen LogP) is 5.49. The van der Waals surface area contributed by atoms with Crippen molar-refractivity contribution in [1.29, 1.82) is 0 Å². The fourth-order valence-corrected chi connectivity index (χ4v) is 4.53. The van der Waals surface area contributed by atoms with Gasteiger partial charge in [0, 0.05) is 22.9 Å². The highest BCUT2D eigenvalue weighted by atomic mass is 35.5. The highest BCUT2D eigenvalue weighted by molar-refractivity contribution is 6.30. The van der Waals surface area contributed by atoms with Gasteiger partial charge in [0.15, 0.2) is 0 Å². The molecule has 2 nitrogen and oxygen atoms in total. The predicted molar refractivity (Wildman–Crippen MR) is 101 cm³/mol. The molecule has 3 heteroatoms. The number of hydrogen-bond acceptors (Lipinski definition) is 1. The van der Waals surface area contributed by atoms with E-state index in [1.165, 1.54) is 11.1 Å². The lowest BCUT2D eigenvalue weighted by molar-refractivity contribution is -0.117. The van der Waals surface area contributed by atoms with Crippen molar-refractivity contribution in [3.63, 3.8) is 0 Å². The number of anilines is 1. The van der Waals surface area contributed by atoms with Crippen LogP contribution in [0.4, 0.5) is 5.69 Å². The van der Waals surface area contributed by atoms with Crippen LogP contribution in [0.5, 0.6) is 0 Å². The zero-order valence-corrected chi connectivity index (χ0v) is 15.7. The minimum absolute atomic E-state index is 0.0914. The fraction of sp³-hybridized carbons (Fsp3) is 0.381. The van der Waals surface area contributed by atoms with E-state index in [1.807, 2.05) is 17.0 Å². The van der Waals surface area contributed by atoms with Crippen molar-refractivity contribution in [1.82, 2.24) is 0 Å². The lowest BCUT2D eigenvalue weighted by atomic mass is 9.65. The molecule has 0 saturated heterocycles. The quantitative estimate of drug-likeness (QED) is 0.671. The number of fused-ring (bicyclic) bond motifs is 1. The van der Waals surface area contributed by atoms with Gasteiger partial charge >= 0.3 is 0 Å². The van der Waals surface area contributed by atoms with Crippen LogP contribution in [-0.2, 0) is 10.2 Å². The van der Waals surface area contributed by atoms with Gasteiger partial charge in [-0.15, -0.1) is 0 Å². The first-order chi connectivity index (χ1) is 11.2. The van der Waals surface area contributed by atoms with Crippen molar-refractivity contribution in [3.05, 3.63) is 64.2 Å². The molecule has 24 heavy (non-hydrogen) atoms. The monoisotopic (exact) mass is 341 g/mol. The average Bonchev–Trinajstić information content (AvgIpc) is 2.47. The molecule has 1 aliphatic heterocycles. The van der Waals surface area contributed by atoms with Gasteiger partial charge in [0.05, 0.1) is 5.69 Å². The van der Waals surface area contributed by atoms with E-state index >= 15 is 0 Å². The summed E-state index contributed by atoms with van der Waals surface area (Å²) < 4.78 is 0. The second-order valence-electron chi connectivity index (χ2n) is 7.65. The SMILES string of the molecule is CC(=O)N1c2c(C)cccc2C(C)(c2ccc(Cl)cc2)CC1(C)C. The van der Waals surface area contributed by atoms with Crippen molar-refractivity contribution in [2.24, 2.45) is 0 Å². The van der Waals surface area contributed by atoms with Crippen LogP contribution in [0.1, 0.15) is 50.8 Å². The molecule has 2 aromatic rings. The molecule has 0 saturated carbocycles. The van der Waals surface area contributed by atoms with Gasteiger partial charge in [0.2, 0.25) is 5.91 Å². The third-order valence-corrected chi connectivity index (χ3v) is 5.50. The number of para-hydroxylation sites is 1. The Labute approximate surface area is 149 Å². The van der Waals surface area contributed by atoms with Gasteiger partial charge in [-0.05, 0) is 56.0 Å². The van der Waals surface area contributed by atoms with Crippen LogP contribution in [0.3, 0.4) is 0 Å². The summed E-state index contributed by atoms with van der Waals surface area (Å²) in [5.74, 6) is 0.0914. The van der Waals surface area contributed by atoms with E-state index in [4.69, 9.17) is 11.6 Å². The normalized spacial score (nSPS) is 22.2. The van der Waals surface area contributed by atoms with Crippen LogP contribution in [0.15, 0.2) is 42.5 Å². The smallest absolute Gasteiger partial charge is 0.224 e. The van der Waals surface area contributed by atoms with Crippen LogP contribution in [0.25, 0.3) is 0 Å². The van der Waals surface area contributed by atoms with Gasteiger partial charge in [-0.1, -0.05) is 48.9 Å². The minimum atomic E-state index is -0.265. The molecule has 0 N–H and O–H groups in total. The second kappa shape index (κ2) is 5.63. The van der Waals surface area contributed by atoms with Crippen molar-refractivity contribution < 1.29 is 4.79 Å². The molecule has 0 aromatic heterocycles. The minimum Gasteiger partial charge on any atom is -0.307 e. The van der Waals surface area contributed by atoms with E-state index in [2.05, 4.69) is 58.0 Å². The summed E-state index contributed by atoms with van der Waals surface area (Å²) in [6.45, 7) is 10.3. The number of carbonyl (C=O) groups is 1. The molecule has 126 valence electrons. The summed E-state index contributed by atoms with van der Waals surface area (Å²) in [6.07, 6.45) is 0.859. The van der Waals surface area contributed by atoms with E-state index in [1.54, 1.807) is 6.92 Å². The van der Waals surface area contributed by atoms with Crippen molar-refractivity contribution in [2.45, 2.75) is 52.0 Å². The second-order valence-corrected chi connectivity index (χ2v) is 8.09. The number of benzene rings is 2. The van der Waals surface area contributed by atoms with Crippen LogP contribution in [0, 0.1) is 6.92 Å². The molecule has 0 fully saturated rings. The van der Waals surface area contributed by atoms with E-state index in [-0.39, 0.29) is 16.9 Å². The molecule has 2 aromatic carbocycles. The van der Waals surface area contributed by atoms with Gasteiger partial charge in [0.1, 0.15) is 0 Å². The summed E-state index contributed by atoms with van der Waals surface area (Å²) in [5.41, 5.74) is 4.20. The van der Waals surface area contributed by atoms with Crippen molar-refractivity contribution in [2.75, 3.05) is 4.90 Å². The summed E-state index contributed by atoms with van der Waals surface area (Å²) in [7, 11) is 0. The Bertz CT molecular complexity index is 794. The summed E-state index contributed by atoms with van der Waals surface area (Å²) in [5, 5.41) is 0.743. The first-order valence-electron chi connectivity index (χ1n) is 8.34.